The van der Waals surface area contributed by atoms with E-state index in [2.05, 4.69) is 25.6 Å². The fourth-order valence-corrected chi connectivity index (χ4v) is 5.79. The van der Waals surface area contributed by atoms with E-state index in [1.54, 1.807) is 0 Å². The third kappa shape index (κ3) is 6.83. The molecule has 198 valence electrons. The Bertz CT molecular complexity index is 1170. The number of ether oxygens (including phenoxy) is 1. The monoisotopic (exact) mass is 553 g/mol. The molecule has 0 unspecified atom stereocenters. The van der Waals surface area contributed by atoms with Crippen LogP contribution in [0.5, 0.6) is 6.01 Å². The SMILES string of the molecule is O=S(=O)(N1CCCC1)N1CCC(Nc2nc(Nc3ccc(F)c(Cl)c3)nc(OCC(F)(F)F)n2)CC1. The first-order valence-electron chi connectivity index (χ1n) is 11.2. The quantitative estimate of drug-likeness (QED) is 0.477. The summed E-state index contributed by atoms with van der Waals surface area (Å²) in [5.74, 6) is -0.854. The number of aromatic nitrogens is 3. The van der Waals surface area contributed by atoms with Crippen LogP contribution in [0.1, 0.15) is 25.7 Å². The number of nitrogens with one attached hydrogen (secondary N) is 2. The molecular formula is C20H24ClF4N7O3S. The number of rotatable bonds is 8. The highest BCUT2D eigenvalue weighted by molar-refractivity contribution is 7.86. The van der Waals surface area contributed by atoms with Crippen molar-refractivity contribution in [3.05, 3.63) is 29.0 Å². The molecule has 4 rings (SSSR count). The van der Waals surface area contributed by atoms with Crippen molar-refractivity contribution in [1.29, 1.82) is 0 Å². The lowest BCUT2D eigenvalue weighted by Crippen LogP contribution is -2.48. The Kier molecular flexibility index (Phi) is 8.02. The number of halogens is 5. The number of hydrogen-bond acceptors (Lipinski definition) is 8. The zero-order valence-electron chi connectivity index (χ0n) is 18.9. The second-order valence-corrected chi connectivity index (χ2v) is 10.7. The van der Waals surface area contributed by atoms with Crippen molar-refractivity contribution in [3.63, 3.8) is 0 Å². The summed E-state index contributed by atoms with van der Waals surface area (Å²) in [7, 11) is -3.51. The Balaban J connectivity index is 1.46. The average Bonchev–Trinajstić information content (AvgIpc) is 3.36. The van der Waals surface area contributed by atoms with Crippen molar-refractivity contribution in [2.75, 3.05) is 43.4 Å². The predicted molar refractivity (Wildman–Crippen MR) is 124 cm³/mol. The van der Waals surface area contributed by atoms with Gasteiger partial charge in [-0.25, -0.2) is 4.39 Å². The highest BCUT2D eigenvalue weighted by atomic mass is 35.5. The normalized spacial score (nSPS) is 18.4. The largest absolute Gasteiger partial charge is 0.454 e. The van der Waals surface area contributed by atoms with Gasteiger partial charge in [0.15, 0.2) is 6.61 Å². The standard InChI is InChI=1S/C20H24ClF4N7O3S/c21-15-11-14(3-4-16(15)22)27-18-28-17(29-19(30-18)35-12-20(23,24)25)26-13-5-9-32(10-6-13)36(33,34)31-7-1-2-8-31/h3-4,11,13H,1-2,5-10,12H2,(H2,26,27,28,29,30). The third-order valence-corrected chi connectivity index (χ3v) is 7.99. The molecular weight excluding hydrogens is 530 g/mol. The predicted octanol–water partition coefficient (Wildman–Crippen LogP) is 3.57. The van der Waals surface area contributed by atoms with Gasteiger partial charge in [-0.3, -0.25) is 0 Å². The zero-order chi connectivity index (χ0) is 25.9. The van der Waals surface area contributed by atoms with Crippen molar-refractivity contribution >= 4 is 39.4 Å². The maximum Gasteiger partial charge on any atom is 0.422 e. The highest BCUT2D eigenvalue weighted by Crippen LogP contribution is 2.25. The van der Waals surface area contributed by atoms with Crippen LogP contribution in [-0.2, 0) is 10.2 Å². The molecule has 0 spiro atoms. The molecule has 0 saturated carbocycles. The van der Waals surface area contributed by atoms with E-state index in [9.17, 15) is 26.0 Å². The molecule has 16 heteroatoms. The zero-order valence-corrected chi connectivity index (χ0v) is 20.5. The summed E-state index contributed by atoms with van der Waals surface area (Å²) in [6.07, 6.45) is -2.04. The molecule has 2 aliphatic rings. The molecule has 1 aromatic heterocycles. The van der Waals surface area contributed by atoms with E-state index in [1.165, 1.54) is 20.7 Å². The van der Waals surface area contributed by atoms with E-state index in [4.69, 9.17) is 16.3 Å². The molecule has 10 nitrogen and oxygen atoms in total. The lowest BCUT2D eigenvalue weighted by atomic mass is 10.1. The Morgan fingerprint density at radius 2 is 1.67 bits per heavy atom. The van der Waals surface area contributed by atoms with Gasteiger partial charge in [0, 0.05) is 37.9 Å². The van der Waals surface area contributed by atoms with Crippen LogP contribution in [0.3, 0.4) is 0 Å². The molecule has 0 bridgehead atoms. The van der Waals surface area contributed by atoms with Crippen molar-refractivity contribution < 1.29 is 30.7 Å². The third-order valence-electron chi connectivity index (χ3n) is 5.66. The number of alkyl halides is 3. The van der Waals surface area contributed by atoms with Crippen LogP contribution < -0.4 is 15.4 Å². The fraction of sp³-hybridized carbons (Fsp3) is 0.550. The van der Waals surface area contributed by atoms with Gasteiger partial charge < -0.3 is 15.4 Å². The van der Waals surface area contributed by atoms with Gasteiger partial charge in [0.2, 0.25) is 11.9 Å². The van der Waals surface area contributed by atoms with E-state index in [-0.39, 0.29) is 36.1 Å². The van der Waals surface area contributed by atoms with E-state index < -0.39 is 34.8 Å². The Labute approximate surface area is 210 Å². The summed E-state index contributed by atoms with van der Waals surface area (Å²) in [6, 6.07) is 2.91. The van der Waals surface area contributed by atoms with Gasteiger partial charge in [0.1, 0.15) is 5.82 Å². The average molecular weight is 554 g/mol. The van der Waals surface area contributed by atoms with Crippen molar-refractivity contribution in [2.45, 2.75) is 37.9 Å². The Hall–Kier alpha value is -2.49. The number of nitrogens with zero attached hydrogens (tertiary/aromatic N) is 5. The minimum absolute atomic E-state index is 0.0567. The van der Waals surface area contributed by atoms with Gasteiger partial charge >= 0.3 is 12.2 Å². The molecule has 0 amide bonds. The molecule has 0 radical (unpaired) electrons. The van der Waals surface area contributed by atoms with Crippen LogP contribution in [-0.4, -0.2) is 77.0 Å². The number of anilines is 3. The first kappa shape index (κ1) is 26.6. The van der Waals surface area contributed by atoms with Gasteiger partial charge in [-0.2, -0.15) is 45.2 Å². The molecule has 0 aliphatic carbocycles. The summed E-state index contributed by atoms with van der Waals surface area (Å²) in [5.41, 5.74) is 0.292. The summed E-state index contributed by atoms with van der Waals surface area (Å²) in [5, 5.41) is 5.59. The second-order valence-electron chi connectivity index (χ2n) is 8.35. The molecule has 2 fully saturated rings. The molecule has 3 heterocycles. The first-order valence-corrected chi connectivity index (χ1v) is 13.0. The van der Waals surface area contributed by atoms with E-state index in [0.29, 0.717) is 31.6 Å². The van der Waals surface area contributed by atoms with Crippen molar-refractivity contribution in [1.82, 2.24) is 23.6 Å². The minimum Gasteiger partial charge on any atom is -0.454 e. The van der Waals surface area contributed by atoms with Crippen LogP contribution in [0.2, 0.25) is 5.02 Å². The number of hydrogen-bond donors (Lipinski definition) is 2. The molecule has 0 atom stereocenters. The summed E-state index contributed by atoms with van der Waals surface area (Å²) in [4.78, 5) is 11.9. The van der Waals surface area contributed by atoms with Gasteiger partial charge in [-0.1, -0.05) is 11.6 Å². The van der Waals surface area contributed by atoms with E-state index >= 15 is 0 Å². The fourth-order valence-electron chi connectivity index (χ4n) is 3.89. The first-order chi connectivity index (χ1) is 17.0. The maximum atomic E-state index is 13.4. The molecule has 2 N–H and O–H groups in total. The van der Waals surface area contributed by atoms with E-state index in [1.807, 2.05) is 0 Å². The van der Waals surface area contributed by atoms with Crippen LogP contribution >= 0.6 is 11.6 Å². The Morgan fingerprint density at radius 1 is 1.03 bits per heavy atom. The second kappa shape index (κ2) is 10.9. The molecule has 1 aromatic carbocycles. The lowest BCUT2D eigenvalue weighted by Gasteiger charge is -2.33. The summed E-state index contributed by atoms with van der Waals surface area (Å²) >= 11 is 5.78. The van der Waals surface area contributed by atoms with Gasteiger partial charge in [-0.05, 0) is 43.9 Å². The van der Waals surface area contributed by atoms with Gasteiger partial charge in [0.25, 0.3) is 10.2 Å². The van der Waals surface area contributed by atoms with E-state index in [0.717, 1.165) is 18.9 Å². The van der Waals surface area contributed by atoms with Crippen LogP contribution in [0.4, 0.5) is 35.1 Å². The summed E-state index contributed by atoms with van der Waals surface area (Å²) in [6.45, 7) is -0.0242. The van der Waals surface area contributed by atoms with Crippen LogP contribution in [0.15, 0.2) is 18.2 Å². The van der Waals surface area contributed by atoms with Crippen molar-refractivity contribution in [2.24, 2.45) is 0 Å². The number of piperidine rings is 1. The minimum atomic E-state index is -4.61. The maximum absolute atomic E-state index is 13.4. The smallest absolute Gasteiger partial charge is 0.422 e. The molecule has 2 aromatic rings. The van der Waals surface area contributed by atoms with Crippen LogP contribution in [0.25, 0.3) is 0 Å². The Morgan fingerprint density at radius 3 is 2.31 bits per heavy atom. The highest BCUT2D eigenvalue weighted by Gasteiger charge is 2.34. The number of benzene rings is 1. The molecule has 2 saturated heterocycles. The summed E-state index contributed by atoms with van der Waals surface area (Å²) < 4.78 is 84.5. The van der Waals surface area contributed by atoms with Crippen LogP contribution in [0, 0.1) is 5.82 Å². The molecule has 2 aliphatic heterocycles. The topological polar surface area (TPSA) is 113 Å². The van der Waals surface area contributed by atoms with Crippen molar-refractivity contribution in [3.8, 4) is 6.01 Å². The lowest BCUT2D eigenvalue weighted by molar-refractivity contribution is -0.154. The van der Waals surface area contributed by atoms with Gasteiger partial charge in [0.05, 0.1) is 5.02 Å². The molecule has 36 heavy (non-hydrogen) atoms. The van der Waals surface area contributed by atoms with Gasteiger partial charge in [-0.15, -0.1) is 0 Å².